The summed E-state index contributed by atoms with van der Waals surface area (Å²) in [5.74, 6) is -0.854. The molecule has 2 unspecified atom stereocenters. The van der Waals surface area contributed by atoms with E-state index in [0.29, 0.717) is 27.4 Å². The van der Waals surface area contributed by atoms with E-state index in [9.17, 15) is 4.79 Å². The molecule has 0 amide bonds. The Labute approximate surface area is 136 Å². The number of hydrogen-bond acceptors (Lipinski definition) is 4. The number of aromatic carboxylic acids is 1. The molecular weight excluding hydrogens is 296 g/mol. The maximum atomic E-state index is 11.1. The molecule has 5 heteroatoms. The Balaban J connectivity index is 1.65. The van der Waals surface area contributed by atoms with Crippen molar-refractivity contribution < 1.29 is 9.90 Å². The van der Waals surface area contributed by atoms with E-state index in [0.717, 1.165) is 18.0 Å². The molecule has 1 saturated heterocycles. The third-order valence-corrected chi connectivity index (χ3v) is 6.38. The number of carbonyl (C=O) groups is 1. The third-order valence-electron chi connectivity index (χ3n) is 5.17. The predicted octanol–water partition coefficient (Wildman–Crippen LogP) is 3.59. The number of rotatable bonds is 4. The lowest BCUT2D eigenvalue weighted by Gasteiger charge is -2.39. The van der Waals surface area contributed by atoms with Crippen LogP contribution in [0.4, 0.5) is 0 Å². The lowest BCUT2D eigenvalue weighted by Crippen LogP contribution is -2.35. The second-order valence-electron chi connectivity index (χ2n) is 8.26. The summed E-state index contributed by atoms with van der Waals surface area (Å²) in [6.07, 6.45) is 4.77. The highest BCUT2D eigenvalue weighted by atomic mass is 32.1. The van der Waals surface area contributed by atoms with E-state index in [1.54, 1.807) is 6.92 Å². The maximum absolute atomic E-state index is 11.1. The van der Waals surface area contributed by atoms with Crippen molar-refractivity contribution >= 4 is 17.3 Å². The second kappa shape index (κ2) is 5.31. The molecule has 2 aliphatic rings. The number of hydrogen-bond donors (Lipinski definition) is 1. The van der Waals surface area contributed by atoms with Crippen LogP contribution >= 0.6 is 11.3 Å². The van der Waals surface area contributed by atoms with Crippen LogP contribution in [0.15, 0.2) is 0 Å². The number of fused-ring (bicyclic) bond motifs is 2. The number of carboxylic acid groups (broad SMARTS) is 1. The van der Waals surface area contributed by atoms with E-state index in [-0.39, 0.29) is 0 Å². The summed E-state index contributed by atoms with van der Waals surface area (Å²) in [7, 11) is 0. The van der Waals surface area contributed by atoms with Gasteiger partial charge in [0, 0.05) is 25.6 Å². The molecule has 3 rings (SSSR count). The number of carboxylic acids is 1. The van der Waals surface area contributed by atoms with Crippen LogP contribution in [0.2, 0.25) is 0 Å². The molecule has 1 aromatic rings. The predicted molar refractivity (Wildman–Crippen MR) is 88.6 cm³/mol. The van der Waals surface area contributed by atoms with Crippen LogP contribution in [0.25, 0.3) is 0 Å². The monoisotopic (exact) mass is 322 g/mol. The highest BCUT2D eigenvalue weighted by molar-refractivity contribution is 7.13. The standard InChI is InChI=1S/C17H26N2O2S/c1-11-14(15(20)21)22-13(18-11)5-6-19-10-17(4)8-12(19)7-16(2,3)9-17/h12H,5-10H2,1-4H3,(H,20,21). The molecule has 1 N–H and O–H groups in total. The van der Waals surface area contributed by atoms with Crippen LogP contribution in [0.1, 0.15) is 60.4 Å². The number of aryl methyl sites for hydroxylation is 1. The molecule has 0 spiro atoms. The Morgan fingerprint density at radius 3 is 2.77 bits per heavy atom. The van der Waals surface area contributed by atoms with E-state index >= 15 is 0 Å². The van der Waals surface area contributed by atoms with Gasteiger partial charge in [-0.05, 0) is 37.0 Å². The summed E-state index contributed by atoms with van der Waals surface area (Å²) in [4.78, 5) is 18.6. The van der Waals surface area contributed by atoms with Crippen molar-refractivity contribution in [1.29, 1.82) is 0 Å². The number of thiazole rings is 1. The summed E-state index contributed by atoms with van der Waals surface area (Å²) in [5, 5.41) is 10.1. The molecule has 0 radical (unpaired) electrons. The van der Waals surface area contributed by atoms with Gasteiger partial charge in [-0.1, -0.05) is 20.8 Å². The minimum atomic E-state index is -0.854. The van der Waals surface area contributed by atoms with Crippen molar-refractivity contribution in [3.05, 3.63) is 15.6 Å². The zero-order valence-electron chi connectivity index (χ0n) is 14.0. The van der Waals surface area contributed by atoms with Crippen molar-refractivity contribution in [2.75, 3.05) is 13.1 Å². The molecule has 2 heterocycles. The van der Waals surface area contributed by atoms with Gasteiger partial charge < -0.3 is 5.11 Å². The Morgan fingerprint density at radius 1 is 1.41 bits per heavy atom. The third kappa shape index (κ3) is 3.06. The number of nitrogens with zero attached hydrogens (tertiary/aromatic N) is 2. The van der Waals surface area contributed by atoms with Gasteiger partial charge >= 0.3 is 5.97 Å². The van der Waals surface area contributed by atoms with E-state index < -0.39 is 5.97 Å². The van der Waals surface area contributed by atoms with Crippen molar-refractivity contribution in [3.63, 3.8) is 0 Å². The summed E-state index contributed by atoms with van der Waals surface area (Å²) in [6, 6.07) is 0.689. The molecule has 1 aliphatic carbocycles. The smallest absolute Gasteiger partial charge is 0.347 e. The number of aromatic nitrogens is 1. The normalized spacial score (nSPS) is 30.6. The van der Waals surface area contributed by atoms with Gasteiger partial charge in [0.2, 0.25) is 0 Å². The molecule has 2 bridgehead atoms. The van der Waals surface area contributed by atoms with Gasteiger partial charge in [-0.3, -0.25) is 4.90 Å². The van der Waals surface area contributed by atoms with E-state index in [2.05, 4.69) is 30.7 Å². The first kappa shape index (κ1) is 15.9. The van der Waals surface area contributed by atoms with Crippen LogP contribution in [0.3, 0.4) is 0 Å². The summed E-state index contributed by atoms with van der Waals surface area (Å²) < 4.78 is 0. The minimum Gasteiger partial charge on any atom is -0.477 e. The lowest BCUT2D eigenvalue weighted by atomic mass is 9.65. The molecule has 2 fully saturated rings. The first-order valence-electron chi connectivity index (χ1n) is 8.11. The van der Waals surface area contributed by atoms with Crippen molar-refractivity contribution in [3.8, 4) is 0 Å². The Bertz CT molecular complexity index is 595. The lowest BCUT2D eigenvalue weighted by molar-refractivity contribution is 0.0701. The maximum Gasteiger partial charge on any atom is 0.347 e. The average molecular weight is 322 g/mol. The van der Waals surface area contributed by atoms with Gasteiger partial charge in [0.15, 0.2) is 0 Å². The van der Waals surface area contributed by atoms with Crippen LogP contribution in [-0.4, -0.2) is 40.1 Å². The summed E-state index contributed by atoms with van der Waals surface area (Å²) >= 11 is 1.34. The topological polar surface area (TPSA) is 53.4 Å². The summed E-state index contributed by atoms with van der Waals surface area (Å²) in [6.45, 7) is 11.2. The highest BCUT2D eigenvalue weighted by Crippen LogP contribution is 2.52. The zero-order valence-corrected chi connectivity index (χ0v) is 14.8. The quantitative estimate of drug-likeness (QED) is 0.920. The van der Waals surface area contributed by atoms with Crippen LogP contribution < -0.4 is 0 Å². The molecule has 1 aromatic heterocycles. The van der Waals surface area contributed by atoms with Crippen molar-refractivity contribution in [2.24, 2.45) is 10.8 Å². The fourth-order valence-corrected chi connectivity index (χ4v) is 5.73. The van der Waals surface area contributed by atoms with Crippen LogP contribution in [-0.2, 0) is 6.42 Å². The van der Waals surface area contributed by atoms with E-state index in [4.69, 9.17) is 5.11 Å². The SMILES string of the molecule is Cc1nc(CCN2CC3(C)CC2CC(C)(C)C3)sc1C(=O)O. The first-order valence-corrected chi connectivity index (χ1v) is 8.93. The van der Waals surface area contributed by atoms with Crippen LogP contribution in [0, 0.1) is 17.8 Å². The van der Waals surface area contributed by atoms with Gasteiger partial charge in [0.25, 0.3) is 0 Å². The molecule has 22 heavy (non-hydrogen) atoms. The fraction of sp³-hybridized carbons (Fsp3) is 0.765. The van der Waals surface area contributed by atoms with Crippen molar-refractivity contribution in [1.82, 2.24) is 9.88 Å². The summed E-state index contributed by atoms with van der Waals surface area (Å²) in [5.41, 5.74) is 1.55. The average Bonchev–Trinajstić information content (AvgIpc) is 2.83. The first-order chi connectivity index (χ1) is 10.2. The Morgan fingerprint density at radius 2 is 2.14 bits per heavy atom. The van der Waals surface area contributed by atoms with Gasteiger partial charge in [0.05, 0.1) is 10.7 Å². The minimum absolute atomic E-state index is 0.392. The van der Waals surface area contributed by atoms with Crippen molar-refractivity contribution in [2.45, 2.75) is 59.4 Å². The fourth-order valence-electron chi connectivity index (χ4n) is 4.84. The molecule has 0 aromatic carbocycles. The number of likely N-dealkylation sites (tertiary alicyclic amines) is 1. The van der Waals surface area contributed by atoms with E-state index in [1.807, 2.05) is 0 Å². The van der Waals surface area contributed by atoms with Gasteiger partial charge in [-0.25, -0.2) is 9.78 Å². The van der Waals surface area contributed by atoms with Gasteiger partial charge in [-0.15, -0.1) is 11.3 Å². The molecule has 2 atom stereocenters. The highest BCUT2D eigenvalue weighted by Gasteiger charge is 2.49. The van der Waals surface area contributed by atoms with E-state index in [1.165, 1.54) is 37.1 Å². The Kier molecular flexibility index (Phi) is 3.84. The largest absolute Gasteiger partial charge is 0.477 e. The molecule has 1 saturated carbocycles. The molecule has 122 valence electrons. The van der Waals surface area contributed by atoms with Gasteiger partial charge in [-0.2, -0.15) is 0 Å². The second-order valence-corrected chi connectivity index (χ2v) is 9.35. The molecule has 4 nitrogen and oxygen atoms in total. The molecular formula is C17H26N2O2S. The molecule has 1 aliphatic heterocycles. The van der Waals surface area contributed by atoms with Crippen LogP contribution in [0.5, 0.6) is 0 Å². The zero-order chi connectivity index (χ0) is 16.1. The van der Waals surface area contributed by atoms with Gasteiger partial charge in [0.1, 0.15) is 4.88 Å². The Hall–Kier alpha value is -0.940.